The van der Waals surface area contributed by atoms with E-state index in [2.05, 4.69) is 25.4 Å². The molecule has 6 rings (SSSR count). The van der Waals surface area contributed by atoms with Crippen molar-refractivity contribution in [3.8, 4) is 11.5 Å². The number of hydrogen-bond acceptors (Lipinski definition) is 11. The maximum absolute atomic E-state index is 10.9. The van der Waals surface area contributed by atoms with Gasteiger partial charge in [-0.05, 0) is 53.4 Å². The van der Waals surface area contributed by atoms with E-state index in [9.17, 15) is 20.4 Å². The quantitative estimate of drug-likeness (QED) is 0.170. The highest BCUT2D eigenvalue weighted by atomic mass is 35.5. The standard InChI is InChI=1S/C28H27ClN6O6/c1-2-16-11-20(41-34-16)24-22(38)23(39)27(40-24)35-13-31-21-25(32-28(29)33-26(21)35)30-12-19(14-3-7-17(36)8-4-14)15-5-9-18(37)10-6-15/h3-11,13,19,22-24,27,36-39H,2,12H2,1H3,(H,30,32,33). The molecular weight excluding hydrogens is 552 g/mol. The number of benzene rings is 2. The third kappa shape index (κ3) is 5.18. The van der Waals surface area contributed by atoms with Crippen LogP contribution in [0.25, 0.3) is 11.2 Å². The first-order valence-electron chi connectivity index (χ1n) is 13.0. The summed E-state index contributed by atoms with van der Waals surface area (Å²) >= 11 is 6.32. The molecule has 1 aliphatic rings. The molecule has 3 aromatic heterocycles. The molecule has 4 unspecified atom stereocenters. The predicted octanol–water partition coefficient (Wildman–Crippen LogP) is 3.68. The number of nitrogens with one attached hydrogen (secondary N) is 1. The fourth-order valence-corrected chi connectivity index (χ4v) is 5.16. The molecular formula is C28H27ClN6O6. The first kappa shape index (κ1) is 27.0. The molecule has 5 aromatic rings. The van der Waals surface area contributed by atoms with Crippen molar-refractivity contribution in [1.29, 1.82) is 0 Å². The summed E-state index contributed by atoms with van der Waals surface area (Å²) in [6, 6.07) is 15.4. The second-order valence-electron chi connectivity index (χ2n) is 9.78. The van der Waals surface area contributed by atoms with Crippen molar-refractivity contribution >= 4 is 28.6 Å². The first-order valence-corrected chi connectivity index (χ1v) is 13.4. The number of fused-ring (bicyclic) bond motifs is 1. The lowest BCUT2D eigenvalue weighted by Crippen LogP contribution is -2.28. The lowest BCUT2D eigenvalue weighted by Gasteiger charge is -2.20. The molecule has 4 atom stereocenters. The fraction of sp³-hybridized carbons (Fsp3) is 0.286. The largest absolute Gasteiger partial charge is 0.508 e. The smallest absolute Gasteiger partial charge is 0.226 e. The number of rotatable bonds is 8. The Labute approximate surface area is 238 Å². The van der Waals surface area contributed by atoms with E-state index in [1.54, 1.807) is 30.3 Å². The van der Waals surface area contributed by atoms with Crippen molar-refractivity contribution in [3.05, 3.63) is 88.8 Å². The molecule has 0 amide bonds. The van der Waals surface area contributed by atoms with Crippen LogP contribution in [0.15, 0.2) is 65.4 Å². The van der Waals surface area contributed by atoms with Crippen LogP contribution in [0.2, 0.25) is 5.28 Å². The minimum absolute atomic E-state index is 0.0556. The van der Waals surface area contributed by atoms with E-state index < -0.39 is 24.5 Å². The summed E-state index contributed by atoms with van der Waals surface area (Å²) in [5, 5.41) is 48.4. The van der Waals surface area contributed by atoms with Crippen LogP contribution in [0.5, 0.6) is 11.5 Å². The number of halogens is 1. The molecule has 0 radical (unpaired) electrons. The van der Waals surface area contributed by atoms with Gasteiger partial charge in [0.2, 0.25) is 5.28 Å². The fourth-order valence-electron chi connectivity index (χ4n) is 4.99. The van der Waals surface area contributed by atoms with Gasteiger partial charge in [0, 0.05) is 18.5 Å². The van der Waals surface area contributed by atoms with Crippen LogP contribution in [-0.4, -0.2) is 63.9 Å². The van der Waals surface area contributed by atoms with Crippen molar-refractivity contribution in [1.82, 2.24) is 24.7 Å². The van der Waals surface area contributed by atoms with E-state index in [-0.39, 0.29) is 22.7 Å². The molecule has 5 N–H and O–H groups in total. The van der Waals surface area contributed by atoms with Gasteiger partial charge in [-0.3, -0.25) is 4.57 Å². The zero-order valence-corrected chi connectivity index (χ0v) is 22.5. The van der Waals surface area contributed by atoms with E-state index in [1.807, 2.05) is 31.2 Å². The number of ether oxygens (including phenoxy) is 1. The molecule has 41 heavy (non-hydrogen) atoms. The van der Waals surface area contributed by atoms with Crippen LogP contribution in [-0.2, 0) is 11.2 Å². The predicted molar refractivity (Wildman–Crippen MR) is 148 cm³/mol. The average molecular weight is 579 g/mol. The van der Waals surface area contributed by atoms with Gasteiger partial charge >= 0.3 is 0 Å². The average Bonchev–Trinajstić information content (AvgIpc) is 3.68. The Kier molecular flexibility index (Phi) is 7.22. The highest BCUT2D eigenvalue weighted by Gasteiger charge is 2.47. The molecule has 0 bridgehead atoms. The number of aromatic nitrogens is 5. The van der Waals surface area contributed by atoms with E-state index >= 15 is 0 Å². The molecule has 1 saturated heterocycles. The van der Waals surface area contributed by atoms with Gasteiger partial charge in [0.25, 0.3) is 0 Å². The summed E-state index contributed by atoms with van der Waals surface area (Å²) in [6.45, 7) is 2.29. The minimum atomic E-state index is -1.31. The van der Waals surface area contributed by atoms with Gasteiger partial charge in [0.15, 0.2) is 29.0 Å². The number of hydrogen-bond donors (Lipinski definition) is 5. The van der Waals surface area contributed by atoms with Crippen molar-refractivity contribution in [2.45, 2.75) is 43.8 Å². The lowest BCUT2D eigenvalue weighted by molar-refractivity contribution is -0.0434. The molecule has 0 spiro atoms. The monoisotopic (exact) mass is 578 g/mol. The van der Waals surface area contributed by atoms with Crippen LogP contribution < -0.4 is 5.32 Å². The van der Waals surface area contributed by atoms with Crippen molar-refractivity contribution in [2.24, 2.45) is 0 Å². The summed E-state index contributed by atoms with van der Waals surface area (Å²) < 4.78 is 12.9. The molecule has 1 aliphatic heterocycles. The molecule has 0 saturated carbocycles. The Hall–Kier alpha value is -4.23. The number of aliphatic hydroxyl groups is 2. The molecule has 4 heterocycles. The summed E-state index contributed by atoms with van der Waals surface area (Å²) in [5.41, 5.74) is 3.22. The van der Waals surface area contributed by atoms with E-state index in [1.165, 1.54) is 10.9 Å². The van der Waals surface area contributed by atoms with Crippen molar-refractivity contribution < 1.29 is 29.7 Å². The lowest BCUT2D eigenvalue weighted by atomic mass is 9.91. The molecule has 12 nitrogen and oxygen atoms in total. The van der Waals surface area contributed by atoms with Gasteiger partial charge in [-0.1, -0.05) is 36.3 Å². The summed E-state index contributed by atoms with van der Waals surface area (Å²) in [5.74, 6) is 0.781. The molecule has 2 aromatic carbocycles. The second-order valence-corrected chi connectivity index (χ2v) is 10.1. The Morgan fingerprint density at radius 3 is 2.24 bits per heavy atom. The number of anilines is 1. The van der Waals surface area contributed by atoms with Crippen LogP contribution in [0.3, 0.4) is 0 Å². The summed E-state index contributed by atoms with van der Waals surface area (Å²) in [6.07, 6.45) is -2.47. The Balaban J connectivity index is 1.30. The van der Waals surface area contributed by atoms with Gasteiger partial charge in [-0.15, -0.1) is 0 Å². The van der Waals surface area contributed by atoms with Crippen molar-refractivity contribution in [2.75, 3.05) is 11.9 Å². The minimum Gasteiger partial charge on any atom is -0.508 e. The van der Waals surface area contributed by atoms with Crippen molar-refractivity contribution in [3.63, 3.8) is 0 Å². The number of phenols is 2. The number of imidazole rings is 1. The third-order valence-electron chi connectivity index (χ3n) is 7.19. The number of aryl methyl sites for hydroxylation is 1. The normalized spacial score (nSPS) is 20.7. The zero-order valence-electron chi connectivity index (χ0n) is 21.8. The topological polar surface area (TPSA) is 172 Å². The Bertz CT molecular complexity index is 1610. The van der Waals surface area contributed by atoms with E-state index in [4.69, 9.17) is 20.9 Å². The van der Waals surface area contributed by atoms with Gasteiger partial charge in [0.1, 0.15) is 29.8 Å². The summed E-state index contributed by atoms with van der Waals surface area (Å²) in [4.78, 5) is 13.1. The number of aliphatic hydroxyl groups excluding tert-OH is 2. The number of nitrogens with zero attached hydrogens (tertiary/aromatic N) is 5. The van der Waals surface area contributed by atoms with Gasteiger partial charge < -0.3 is 35.0 Å². The van der Waals surface area contributed by atoms with Crippen LogP contribution in [0, 0.1) is 0 Å². The molecule has 212 valence electrons. The third-order valence-corrected chi connectivity index (χ3v) is 7.36. The maximum atomic E-state index is 10.9. The molecule has 13 heteroatoms. The van der Waals surface area contributed by atoms with Gasteiger partial charge in [0.05, 0.1) is 12.0 Å². The Morgan fingerprint density at radius 2 is 1.63 bits per heavy atom. The van der Waals surface area contributed by atoms with Crippen LogP contribution in [0.1, 0.15) is 47.8 Å². The van der Waals surface area contributed by atoms with Crippen LogP contribution >= 0.6 is 11.6 Å². The maximum Gasteiger partial charge on any atom is 0.226 e. The highest BCUT2D eigenvalue weighted by molar-refractivity contribution is 6.28. The highest BCUT2D eigenvalue weighted by Crippen LogP contribution is 2.40. The van der Waals surface area contributed by atoms with E-state index in [0.717, 1.165) is 11.1 Å². The first-order chi connectivity index (χ1) is 19.8. The second kappa shape index (κ2) is 11.0. The SMILES string of the molecule is CCc1cc(C2OC(n3cnc4c(NCC(c5ccc(O)cc5)c5ccc(O)cc5)nc(Cl)nc43)C(O)C2O)on1. The summed E-state index contributed by atoms with van der Waals surface area (Å²) in [7, 11) is 0. The number of aromatic hydroxyl groups is 2. The van der Waals surface area contributed by atoms with E-state index in [0.29, 0.717) is 41.4 Å². The Morgan fingerprint density at radius 1 is 0.976 bits per heavy atom. The van der Waals surface area contributed by atoms with Gasteiger partial charge in [-0.25, -0.2) is 4.98 Å². The molecule has 1 fully saturated rings. The zero-order chi connectivity index (χ0) is 28.7. The number of phenolic OH excluding ortho intramolecular Hbond substituents is 2. The molecule has 0 aliphatic carbocycles. The van der Waals surface area contributed by atoms with Crippen LogP contribution in [0.4, 0.5) is 5.82 Å². The van der Waals surface area contributed by atoms with Gasteiger partial charge in [-0.2, -0.15) is 9.97 Å².